The normalized spacial score (nSPS) is 11.1. The van der Waals surface area contributed by atoms with Crippen LogP contribution >= 0.6 is 0 Å². The molecule has 0 saturated carbocycles. The molecular weight excluding hydrogens is 170 g/mol. The minimum atomic E-state index is 0.584. The maximum absolute atomic E-state index is 4.48. The summed E-state index contributed by atoms with van der Waals surface area (Å²) in [5.74, 6) is 0.584. The lowest BCUT2D eigenvalue weighted by Crippen LogP contribution is -1.88. The third-order valence-corrected chi connectivity index (χ3v) is 2.52. The van der Waals surface area contributed by atoms with E-state index in [0.29, 0.717) is 5.92 Å². The second-order valence-corrected chi connectivity index (χ2v) is 4.06. The molecule has 72 valence electrons. The Kier molecular flexibility index (Phi) is 2.24. The summed E-state index contributed by atoms with van der Waals surface area (Å²) in [5.41, 5.74) is 3.55. The molecule has 14 heavy (non-hydrogen) atoms. The van der Waals surface area contributed by atoms with Crippen LogP contribution in [0.2, 0.25) is 0 Å². The maximum atomic E-state index is 4.48. The Balaban J connectivity index is 2.62. The van der Waals surface area contributed by atoms with Gasteiger partial charge in [0.1, 0.15) is 0 Å². The first-order valence-corrected chi connectivity index (χ1v) is 5.04. The van der Waals surface area contributed by atoms with Gasteiger partial charge in [-0.05, 0) is 36.6 Å². The second-order valence-electron chi connectivity index (χ2n) is 4.06. The van der Waals surface area contributed by atoms with Gasteiger partial charge in [0.25, 0.3) is 0 Å². The van der Waals surface area contributed by atoms with Gasteiger partial charge in [-0.1, -0.05) is 26.0 Å². The van der Waals surface area contributed by atoms with Crippen molar-refractivity contribution >= 4 is 10.9 Å². The summed E-state index contributed by atoms with van der Waals surface area (Å²) in [4.78, 5) is 4.48. The van der Waals surface area contributed by atoms with E-state index in [1.807, 2.05) is 6.92 Å². The van der Waals surface area contributed by atoms with Gasteiger partial charge in [0.2, 0.25) is 0 Å². The first-order chi connectivity index (χ1) is 6.66. The smallest absolute Gasteiger partial charge is 0.0705 e. The Labute approximate surface area is 84.8 Å². The third kappa shape index (κ3) is 1.63. The first-order valence-electron chi connectivity index (χ1n) is 5.04. The first kappa shape index (κ1) is 9.20. The van der Waals surface area contributed by atoms with Crippen molar-refractivity contribution in [3.63, 3.8) is 0 Å². The molecule has 0 spiro atoms. The fraction of sp³-hybridized carbons (Fsp3) is 0.308. The van der Waals surface area contributed by atoms with Gasteiger partial charge in [0.15, 0.2) is 0 Å². The molecule has 0 aliphatic heterocycles. The number of pyridine rings is 1. The van der Waals surface area contributed by atoms with Crippen LogP contribution in [0.4, 0.5) is 0 Å². The lowest BCUT2D eigenvalue weighted by Gasteiger charge is -2.06. The van der Waals surface area contributed by atoms with Crippen LogP contribution in [0.3, 0.4) is 0 Å². The number of hydrogen-bond acceptors (Lipinski definition) is 1. The highest BCUT2D eigenvalue weighted by molar-refractivity contribution is 5.79. The zero-order valence-electron chi connectivity index (χ0n) is 8.91. The van der Waals surface area contributed by atoms with E-state index < -0.39 is 0 Å². The topological polar surface area (TPSA) is 12.9 Å². The van der Waals surface area contributed by atoms with Crippen LogP contribution < -0.4 is 0 Å². The van der Waals surface area contributed by atoms with Gasteiger partial charge in [-0.3, -0.25) is 4.98 Å². The van der Waals surface area contributed by atoms with Crippen LogP contribution in [-0.4, -0.2) is 4.98 Å². The summed E-state index contributed by atoms with van der Waals surface area (Å²) in [6.07, 6.45) is 0. The minimum Gasteiger partial charge on any atom is -0.253 e. The summed E-state index contributed by atoms with van der Waals surface area (Å²) in [6.45, 7) is 6.45. The molecule has 1 heterocycles. The summed E-state index contributed by atoms with van der Waals surface area (Å²) in [5, 5.41) is 1.24. The van der Waals surface area contributed by atoms with Crippen LogP contribution in [0.1, 0.15) is 31.0 Å². The number of benzene rings is 1. The fourth-order valence-electron chi connectivity index (χ4n) is 1.61. The molecule has 0 fully saturated rings. The molecule has 2 rings (SSSR count). The second kappa shape index (κ2) is 3.41. The molecule has 0 amide bonds. The Bertz CT molecular complexity index is 458. The van der Waals surface area contributed by atoms with Crippen LogP contribution in [0.5, 0.6) is 0 Å². The van der Waals surface area contributed by atoms with Gasteiger partial charge in [-0.25, -0.2) is 0 Å². The molecule has 1 aromatic heterocycles. The van der Waals surface area contributed by atoms with Crippen LogP contribution in [-0.2, 0) is 0 Å². The van der Waals surface area contributed by atoms with E-state index in [0.717, 1.165) is 11.2 Å². The SMILES string of the molecule is Cc1ccc2cc(C(C)C)ccc2n1. The molecule has 0 saturated heterocycles. The Hall–Kier alpha value is -1.37. The molecule has 0 N–H and O–H groups in total. The van der Waals surface area contributed by atoms with E-state index in [9.17, 15) is 0 Å². The molecule has 0 unspecified atom stereocenters. The summed E-state index contributed by atoms with van der Waals surface area (Å²) >= 11 is 0. The van der Waals surface area contributed by atoms with E-state index in [1.54, 1.807) is 0 Å². The van der Waals surface area contributed by atoms with Gasteiger partial charge < -0.3 is 0 Å². The van der Waals surface area contributed by atoms with E-state index in [2.05, 4.69) is 49.2 Å². The highest BCUT2D eigenvalue weighted by atomic mass is 14.7. The highest BCUT2D eigenvalue weighted by Crippen LogP contribution is 2.20. The van der Waals surface area contributed by atoms with Crippen molar-refractivity contribution in [3.05, 3.63) is 41.6 Å². The molecule has 0 aliphatic rings. The minimum absolute atomic E-state index is 0.584. The zero-order chi connectivity index (χ0) is 10.1. The number of nitrogens with zero attached hydrogens (tertiary/aromatic N) is 1. The van der Waals surface area contributed by atoms with Crippen molar-refractivity contribution in [2.75, 3.05) is 0 Å². The number of aryl methyl sites for hydroxylation is 1. The number of fused-ring (bicyclic) bond motifs is 1. The van der Waals surface area contributed by atoms with Crippen LogP contribution in [0.15, 0.2) is 30.3 Å². The summed E-state index contributed by atoms with van der Waals surface area (Å²) in [6, 6.07) is 10.7. The molecular formula is C13H15N. The number of hydrogen-bond donors (Lipinski definition) is 0. The quantitative estimate of drug-likeness (QED) is 0.660. The van der Waals surface area contributed by atoms with E-state index >= 15 is 0 Å². The zero-order valence-corrected chi connectivity index (χ0v) is 8.91. The van der Waals surface area contributed by atoms with Crippen molar-refractivity contribution in [3.8, 4) is 0 Å². The van der Waals surface area contributed by atoms with Gasteiger partial charge in [0.05, 0.1) is 5.52 Å². The van der Waals surface area contributed by atoms with E-state index in [-0.39, 0.29) is 0 Å². The molecule has 1 aromatic carbocycles. The average Bonchev–Trinajstić information content (AvgIpc) is 2.16. The predicted octanol–water partition coefficient (Wildman–Crippen LogP) is 3.67. The predicted molar refractivity (Wildman–Crippen MR) is 60.6 cm³/mol. The van der Waals surface area contributed by atoms with Crippen LogP contribution in [0.25, 0.3) is 10.9 Å². The number of rotatable bonds is 1. The van der Waals surface area contributed by atoms with E-state index in [4.69, 9.17) is 0 Å². The van der Waals surface area contributed by atoms with Crippen LogP contribution in [0, 0.1) is 6.92 Å². The molecule has 0 bridgehead atoms. The lowest BCUT2D eigenvalue weighted by molar-refractivity contribution is 0.868. The fourth-order valence-corrected chi connectivity index (χ4v) is 1.61. The van der Waals surface area contributed by atoms with Gasteiger partial charge in [-0.2, -0.15) is 0 Å². The van der Waals surface area contributed by atoms with Gasteiger partial charge in [0, 0.05) is 11.1 Å². The van der Waals surface area contributed by atoms with Crippen molar-refractivity contribution in [2.45, 2.75) is 26.7 Å². The maximum Gasteiger partial charge on any atom is 0.0705 e. The Morgan fingerprint density at radius 1 is 1.07 bits per heavy atom. The summed E-state index contributed by atoms with van der Waals surface area (Å²) in [7, 11) is 0. The van der Waals surface area contributed by atoms with Gasteiger partial charge >= 0.3 is 0 Å². The monoisotopic (exact) mass is 185 g/mol. The van der Waals surface area contributed by atoms with Crippen molar-refractivity contribution in [2.24, 2.45) is 0 Å². The Morgan fingerprint density at radius 3 is 2.57 bits per heavy atom. The molecule has 2 aromatic rings. The number of aromatic nitrogens is 1. The lowest BCUT2D eigenvalue weighted by atomic mass is 10.0. The largest absolute Gasteiger partial charge is 0.253 e. The van der Waals surface area contributed by atoms with Gasteiger partial charge in [-0.15, -0.1) is 0 Å². The van der Waals surface area contributed by atoms with E-state index in [1.165, 1.54) is 10.9 Å². The van der Waals surface area contributed by atoms with Crippen molar-refractivity contribution in [1.82, 2.24) is 4.98 Å². The van der Waals surface area contributed by atoms with Crippen molar-refractivity contribution < 1.29 is 0 Å². The molecule has 1 heteroatoms. The third-order valence-electron chi connectivity index (χ3n) is 2.52. The highest BCUT2D eigenvalue weighted by Gasteiger charge is 2.01. The summed E-state index contributed by atoms with van der Waals surface area (Å²) < 4.78 is 0. The molecule has 0 atom stereocenters. The average molecular weight is 185 g/mol. The Morgan fingerprint density at radius 2 is 1.86 bits per heavy atom. The molecule has 0 radical (unpaired) electrons. The molecule has 1 nitrogen and oxygen atoms in total. The standard InChI is InChI=1S/C13H15N/c1-9(2)11-6-7-13-12(8-11)5-4-10(3)14-13/h4-9H,1-3H3. The molecule has 0 aliphatic carbocycles. The van der Waals surface area contributed by atoms with Crippen molar-refractivity contribution in [1.29, 1.82) is 0 Å².